The van der Waals surface area contributed by atoms with Crippen molar-refractivity contribution in [1.29, 1.82) is 0 Å². The molecule has 0 aliphatic rings. The van der Waals surface area contributed by atoms with E-state index >= 15 is 0 Å². The Balaban J connectivity index is 2.29. The summed E-state index contributed by atoms with van der Waals surface area (Å²) in [6.07, 6.45) is 1.67. The van der Waals surface area contributed by atoms with Gasteiger partial charge in [0.05, 0.1) is 12.5 Å². The first kappa shape index (κ1) is 17.3. The van der Waals surface area contributed by atoms with Crippen LogP contribution < -0.4 is 5.32 Å². The van der Waals surface area contributed by atoms with Crippen LogP contribution in [0.25, 0.3) is 0 Å². The molecule has 2 N–H and O–H groups in total. The standard InChI is InChI=1S/C17H19BrN2O3/c1-3-20-10-12(18)8-15(20)17(23)19-14(9-16(21)22)13-7-5-4-6-11(13)2/h4-8,10,14H,3,9H2,1-2H3,(H,19,23)(H,21,22). The highest BCUT2D eigenvalue weighted by Gasteiger charge is 2.22. The van der Waals surface area contributed by atoms with Crippen LogP contribution in [-0.4, -0.2) is 21.6 Å². The van der Waals surface area contributed by atoms with Crippen LogP contribution in [0.3, 0.4) is 0 Å². The van der Waals surface area contributed by atoms with Gasteiger partial charge >= 0.3 is 5.97 Å². The van der Waals surface area contributed by atoms with Gasteiger partial charge in [0.15, 0.2) is 0 Å². The number of amides is 1. The van der Waals surface area contributed by atoms with E-state index in [9.17, 15) is 9.59 Å². The molecule has 2 aromatic rings. The van der Waals surface area contributed by atoms with Crippen LogP contribution >= 0.6 is 15.9 Å². The number of hydrogen-bond donors (Lipinski definition) is 2. The Morgan fingerprint density at radius 2 is 2.04 bits per heavy atom. The minimum Gasteiger partial charge on any atom is -0.481 e. The van der Waals surface area contributed by atoms with E-state index in [0.29, 0.717) is 12.2 Å². The summed E-state index contributed by atoms with van der Waals surface area (Å²) in [5.41, 5.74) is 2.27. The highest BCUT2D eigenvalue weighted by molar-refractivity contribution is 9.10. The van der Waals surface area contributed by atoms with E-state index in [-0.39, 0.29) is 12.3 Å². The molecule has 122 valence electrons. The van der Waals surface area contributed by atoms with Crippen molar-refractivity contribution in [1.82, 2.24) is 9.88 Å². The predicted molar refractivity (Wildman–Crippen MR) is 91.4 cm³/mol. The predicted octanol–water partition coefficient (Wildman–Crippen LogP) is 3.52. The topological polar surface area (TPSA) is 71.3 Å². The van der Waals surface area contributed by atoms with Gasteiger partial charge in [-0.15, -0.1) is 0 Å². The number of benzene rings is 1. The van der Waals surface area contributed by atoms with Crippen molar-refractivity contribution in [2.24, 2.45) is 0 Å². The molecule has 1 heterocycles. The average Bonchev–Trinajstić information content (AvgIpc) is 2.88. The molecule has 2 rings (SSSR count). The fourth-order valence-electron chi connectivity index (χ4n) is 2.55. The Kier molecular flexibility index (Phi) is 5.60. The second-order valence-electron chi connectivity index (χ2n) is 5.31. The molecule has 1 unspecified atom stereocenters. The zero-order valence-electron chi connectivity index (χ0n) is 13.0. The number of aliphatic carboxylic acids is 1. The van der Waals surface area contributed by atoms with Gasteiger partial charge in [0, 0.05) is 17.2 Å². The van der Waals surface area contributed by atoms with Gasteiger partial charge in [-0.3, -0.25) is 9.59 Å². The maximum absolute atomic E-state index is 12.6. The van der Waals surface area contributed by atoms with Crippen molar-refractivity contribution >= 4 is 27.8 Å². The highest BCUT2D eigenvalue weighted by atomic mass is 79.9. The number of halogens is 1. The van der Waals surface area contributed by atoms with Crippen molar-refractivity contribution in [2.45, 2.75) is 32.9 Å². The van der Waals surface area contributed by atoms with Gasteiger partial charge in [-0.05, 0) is 47.0 Å². The van der Waals surface area contributed by atoms with Crippen LogP contribution in [0.5, 0.6) is 0 Å². The number of hydrogen-bond acceptors (Lipinski definition) is 2. The third-order valence-corrected chi connectivity index (χ3v) is 4.12. The first-order valence-electron chi connectivity index (χ1n) is 7.36. The maximum atomic E-state index is 12.6. The van der Waals surface area contributed by atoms with Crippen LogP contribution in [0.1, 0.15) is 41.0 Å². The summed E-state index contributed by atoms with van der Waals surface area (Å²) in [4.78, 5) is 23.7. The first-order valence-corrected chi connectivity index (χ1v) is 8.15. The summed E-state index contributed by atoms with van der Waals surface area (Å²) < 4.78 is 2.63. The molecule has 0 aliphatic carbocycles. The molecule has 0 saturated carbocycles. The fourth-order valence-corrected chi connectivity index (χ4v) is 3.01. The molecular weight excluding hydrogens is 360 g/mol. The minimum absolute atomic E-state index is 0.162. The Morgan fingerprint density at radius 1 is 1.35 bits per heavy atom. The van der Waals surface area contributed by atoms with E-state index in [1.54, 1.807) is 6.07 Å². The number of rotatable bonds is 6. The summed E-state index contributed by atoms with van der Waals surface area (Å²) >= 11 is 3.36. The van der Waals surface area contributed by atoms with E-state index in [4.69, 9.17) is 5.11 Å². The quantitative estimate of drug-likeness (QED) is 0.807. The number of carbonyl (C=O) groups excluding carboxylic acids is 1. The van der Waals surface area contributed by atoms with Gasteiger partial charge < -0.3 is 15.0 Å². The molecule has 6 heteroatoms. The molecule has 1 atom stereocenters. The molecule has 23 heavy (non-hydrogen) atoms. The lowest BCUT2D eigenvalue weighted by molar-refractivity contribution is -0.137. The Morgan fingerprint density at radius 3 is 2.65 bits per heavy atom. The summed E-state index contributed by atoms with van der Waals surface area (Å²) in [6, 6.07) is 8.64. The van der Waals surface area contributed by atoms with E-state index in [1.807, 2.05) is 48.9 Å². The van der Waals surface area contributed by atoms with E-state index < -0.39 is 12.0 Å². The zero-order chi connectivity index (χ0) is 17.0. The molecular formula is C17H19BrN2O3. The molecule has 1 aromatic heterocycles. The van der Waals surface area contributed by atoms with Crippen LogP contribution in [0.4, 0.5) is 0 Å². The average molecular weight is 379 g/mol. The molecule has 0 spiro atoms. The summed E-state index contributed by atoms with van der Waals surface area (Å²) in [5.74, 6) is -1.24. The lowest BCUT2D eigenvalue weighted by Crippen LogP contribution is -2.32. The van der Waals surface area contributed by atoms with Crippen LogP contribution in [0.2, 0.25) is 0 Å². The molecule has 1 amide bonds. The van der Waals surface area contributed by atoms with Crippen molar-refractivity contribution < 1.29 is 14.7 Å². The van der Waals surface area contributed by atoms with Crippen molar-refractivity contribution in [3.05, 3.63) is 57.8 Å². The third-order valence-electron chi connectivity index (χ3n) is 3.68. The summed E-state index contributed by atoms with van der Waals surface area (Å²) in [7, 11) is 0. The second-order valence-corrected chi connectivity index (χ2v) is 6.23. The normalized spacial score (nSPS) is 12.0. The lowest BCUT2D eigenvalue weighted by atomic mass is 9.98. The molecule has 0 aliphatic heterocycles. The molecule has 1 aromatic carbocycles. The maximum Gasteiger partial charge on any atom is 0.305 e. The van der Waals surface area contributed by atoms with Crippen LogP contribution in [0, 0.1) is 6.92 Å². The molecule has 0 saturated heterocycles. The zero-order valence-corrected chi connectivity index (χ0v) is 14.6. The number of carboxylic acid groups (broad SMARTS) is 1. The Hall–Kier alpha value is -2.08. The van der Waals surface area contributed by atoms with Crippen molar-refractivity contribution in [2.75, 3.05) is 0 Å². The number of aromatic nitrogens is 1. The van der Waals surface area contributed by atoms with Gasteiger partial charge in [0.25, 0.3) is 5.91 Å². The smallest absolute Gasteiger partial charge is 0.305 e. The number of nitrogens with one attached hydrogen (secondary N) is 1. The van der Waals surface area contributed by atoms with Gasteiger partial charge in [0.2, 0.25) is 0 Å². The SMILES string of the molecule is CCn1cc(Br)cc1C(=O)NC(CC(=O)O)c1ccccc1C. The number of aryl methyl sites for hydroxylation is 2. The van der Waals surface area contributed by atoms with Crippen molar-refractivity contribution in [3.63, 3.8) is 0 Å². The number of nitrogens with zero attached hydrogens (tertiary/aromatic N) is 1. The third kappa shape index (κ3) is 4.22. The Labute approximate surface area is 143 Å². The second kappa shape index (κ2) is 7.46. The van der Waals surface area contributed by atoms with Gasteiger partial charge in [-0.25, -0.2) is 0 Å². The van der Waals surface area contributed by atoms with E-state index in [1.165, 1.54) is 0 Å². The molecule has 0 bridgehead atoms. The minimum atomic E-state index is -0.953. The highest BCUT2D eigenvalue weighted by Crippen LogP contribution is 2.22. The largest absolute Gasteiger partial charge is 0.481 e. The van der Waals surface area contributed by atoms with Crippen LogP contribution in [0.15, 0.2) is 41.0 Å². The number of carbonyl (C=O) groups is 2. The van der Waals surface area contributed by atoms with Gasteiger partial charge in [-0.2, -0.15) is 0 Å². The van der Waals surface area contributed by atoms with E-state index in [0.717, 1.165) is 15.6 Å². The Bertz CT molecular complexity index is 724. The fraction of sp³-hybridized carbons (Fsp3) is 0.294. The van der Waals surface area contributed by atoms with E-state index in [2.05, 4.69) is 21.2 Å². The lowest BCUT2D eigenvalue weighted by Gasteiger charge is -2.20. The number of carboxylic acids is 1. The molecule has 5 nitrogen and oxygen atoms in total. The van der Waals surface area contributed by atoms with Gasteiger partial charge in [-0.1, -0.05) is 24.3 Å². The van der Waals surface area contributed by atoms with Crippen LogP contribution in [-0.2, 0) is 11.3 Å². The molecule has 0 fully saturated rings. The van der Waals surface area contributed by atoms with Crippen molar-refractivity contribution in [3.8, 4) is 0 Å². The summed E-state index contributed by atoms with van der Waals surface area (Å²) in [6.45, 7) is 4.50. The monoisotopic (exact) mass is 378 g/mol. The summed E-state index contributed by atoms with van der Waals surface area (Å²) in [5, 5.41) is 12.0. The first-order chi connectivity index (χ1) is 10.9. The van der Waals surface area contributed by atoms with Gasteiger partial charge in [0.1, 0.15) is 5.69 Å². The molecule has 0 radical (unpaired) electrons.